The number of aliphatic hydroxyl groups excluding tert-OH is 3. The summed E-state index contributed by atoms with van der Waals surface area (Å²) in [6.07, 6.45) is -0.478. The summed E-state index contributed by atoms with van der Waals surface area (Å²) < 4.78 is 13.9. The molecule has 0 bridgehead atoms. The minimum absolute atomic E-state index is 0. The van der Waals surface area contributed by atoms with Crippen LogP contribution in [-0.2, 0) is 14.2 Å². The van der Waals surface area contributed by atoms with Crippen molar-refractivity contribution in [2.75, 3.05) is 33.6 Å². The molecule has 0 rings (SSSR count). The minimum atomic E-state index is -0.478. The molecular formula is C12H38O6. The van der Waals surface area contributed by atoms with Crippen molar-refractivity contribution in [3.8, 4) is 0 Å². The Labute approximate surface area is 115 Å². The predicted octanol–water partition coefficient (Wildman–Crippen LogP) is 2.07. The fraction of sp³-hybridized carbons (Fsp3) is 1.00. The van der Waals surface area contributed by atoms with Crippen LogP contribution in [0.5, 0.6) is 0 Å². The highest BCUT2D eigenvalue weighted by atomic mass is 16.6. The molecule has 0 aromatic rings. The van der Waals surface area contributed by atoms with E-state index in [4.69, 9.17) is 20.1 Å². The van der Waals surface area contributed by atoms with Gasteiger partial charge in [-0.3, -0.25) is 0 Å². The number of hydrogen-bond acceptors (Lipinski definition) is 6. The maximum absolute atomic E-state index is 8.38. The van der Waals surface area contributed by atoms with Crippen LogP contribution in [0.4, 0.5) is 0 Å². The van der Waals surface area contributed by atoms with E-state index >= 15 is 0 Å². The van der Waals surface area contributed by atoms with Gasteiger partial charge in [0.1, 0.15) is 26.5 Å². The second-order valence-corrected chi connectivity index (χ2v) is 1.92. The molecule has 0 unspecified atom stereocenters. The van der Waals surface area contributed by atoms with Crippen molar-refractivity contribution in [1.29, 1.82) is 0 Å². The molecule has 0 amide bonds. The Kier molecular flexibility index (Phi) is 86.1. The second-order valence-electron chi connectivity index (χ2n) is 1.92. The van der Waals surface area contributed by atoms with E-state index in [1.54, 1.807) is 0 Å². The molecule has 0 saturated heterocycles. The van der Waals surface area contributed by atoms with Gasteiger partial charge in [0.2, 0.25) is 0 Å². The average molecular weight is 278 g/mol. The summed E-state index contributed by atoms with van der Waals surface area (Å²) >= 11 is 0. The lowest BCUT2D eigenvalue weighted by molar-refractivity contribution is -0.137. The highest BCUT2D eigenvalue weighted by molar-refractivity contribution is 4.52. The molecule has 0 aliphatic heterocycles. The van der Waals surface area contributed by atoms with Crippen LogP contribution in [0, 0.1) is 0 Å². The molecule has 6 heteroatoms. The summed E-state index contributed by atoms with van der Waals surface area (Å²) in [6.45, 7) is -1.06. The topological polar surface area (TPSA) is 88.4 Å². The predicted molar refractivity (Wildman–Crippen MR) is 78.4 cm³/mol. The zero-order valence-electron chi connectivity index (χ0n) is 6.68. The van der Waals surface area contributed by atoms with E-state index in [-0.39, 0.29) is 57.8 Å². The van der Waals surface area contributed by atoms with Gasteiger partial charge < -0.3 is 29.5 Å². The smallest absolute Gasteiger partial charge is 0.144 e. The molecule has 18 heavy (non-hydrogen) atoms. The highest BCUT2D eigenvalue weighted by Crippen LogP contribution is 1.93. The van der Waals surface area contributed by atoms with Crippen molar-refractivity contribution < 1.29 is 29.5 Å². The lowest BCUT2D eigenvalue weighted by Crippen LogP contribution is -2.26. The van der Waals surface area contributed by atoms with Crippen LogP contribution >= 0.6 is 0 Å². The number of rotatable bonds is 8. The molecule has 0 heterocycles. The monoisotopic (exact) mass is 278 g/mol. The van der Waals surface area contributed by atoms with Crippen LogP contribution < -0.4 is 0 Å². The largest absolute Gasteiger partial charge is 0.371 e. The number of ether oxygens (including phenoxy) is 3. The molecule has 0 spiro atoms. The van der Waals surface area contributed by atoms with Gasteiger partial charge in [-0.05, 0) is 0 Å². The normalized spacial score (nSPS) is 7.33. The fourth-order valence-corrected chi connectivity index (χ4v) is 0.618. The van der Waals surface area contributed by atoms with Crippen molar-refractivity contribution >= 4 is 0 Å². The van der Waals surface area contributed by atoms with Gasteiger partial charge in [-0.15, -0.1) is 0 Å². The molecule has 122 valence electrons. The Morgan fingerprint density at radius 1 is 0.611 bits per heavy atom. The first kappa shape index (κ1) is 43.1. The van der Waals surface area contributed by atoms with Crippen LogP contribution in [0.2, 0.25) is 0 Å². The quantitative estimate of drug-likeness (QED) is 0.589. The van der Waals surface area contributed by atoms with Gasteiger partial charge in [0.25, 0.3) is 0 Å². The Morgan fingerprint density at radius 3 is 1.17 bits per heavy atom. The maximum Gasteiger partial charge on any atom is 0.144 e. The van der Waals surface area contributed by atoms with Gasteiger partial charge in [0.15, 0.2) is 0 Å². The standard InChI is InChI=1S/C6H14O6.6CH4/c7-3-10-1-6(12-5-9)2-11-4-8;;;;;;/h6-9H,1-5H2;6*1H4. The van der Waals surface area contributed by atoms with E-state index in [1.807, 2.05) is 0 Å². The van der Waals surface area contributed by atoms with E-state index in [9.17, 15) is 0 Å². The van der Waals surface area contributed by atoms with Crippen LogP contribution in [0.3, 0.4) is 0 Å². The fourth-order valence-electron chi connectivity index (χ4n) is 0.618. The molecule has 0 aliphatic rings. The van der Waals surface area contributed by atoms with Crippen molar-refractivity contribution in [2.24, 2.45) is 0 Å². The molecule has 0 aromatic carbocycles. The van der Waals surface area contributed by atoms with Gasteiger partial charge in [-0.25, -0.2) is 0 Å². The first-order valence-electron chi connectivity index (χ1n) is 3.44. The van der Waals surface area contributed by atoms with Crippen molar-refractivity contribution in [3.63, 3.8) is 0 Å². The van der Waals surface area contributed by atoms with Crippen molar-refractivity contribution in [2.45, 2.75) is 50.7 Å². The lowest BCUT2D eigenvalue weighted by Gasteiger charge is -2.14. The van der Waals surface area contributed by atoms with E-state index < -0.39 is 26.5 Å². The van der Waals surface area contributed by atoms with Gasteiger partial charge in [-0.2, -0.15) is 0 Å². The van der Waals surface area contributed by atoms with E-state index in [0.29, 0.717) is 0 Å². The first-order valence-corrected chi connectivity index (χ1v) is 3.44. The molecule has 0 radical (unpaired) electrons. The van der Waals surface area contributed by atoms with Gasteiger partial charge in [-0.1, -0.05) is 44.6 Å². The summed E-state index contributed by atoms with van der Waals surface area (Å²) in [7, 11) is 0. The Balaban J connectivity index is -0.0000000403. The van der Waals surface area contributed by atoms with Crippen molar-refractivity contribution in [3.05, 3.63) is 0 Å². The highest BCUT2D eigenvalue weighted by Gasteiger charge is 2.08. The van der Waals surface area contributed by atoms with Crippen LogP contribution in [0.1, 0.15) is 44.6 Å². The zero-order chi connectivity index (χ0) is 9.23. The Hall–Kier alpha value is -0.240. The molecule has 0 aliphatic carbocycles. The molecule has 0 saturated carbocycles. The molecule has 6 nitrogen and oxygen atoms in total. The molecule has 3 N–H and O–H groups in total. The lowest BCUT2D eigenvalue weighted by atomic mass is 10.4. The zero-order valence-corrected chi connectivity index (χ0v) is 6.68. The second kappa shape index (κ2) is 36.0. The third-order valence-electron chi connectivity index (χ3n) is 1.10. The summed E-state index contributed by atoms with van der Waals surface area (Å²) in [5, 5.41) is 24.9. The van der Waals surface area contributed by atoms with Gasteiger partial charge in [0.05, 0.1) is 13.2 Å². The maximum atomic E-state index is 8.38. The summed E-state index contributed by atoms with van der Waals surface area (Å²) in [6, 6.07) is 0. The SMILES string of the molecule is C.C.C.C.C.C.OCOCC(COCO)OCO. The van der Waals surface area contributed by atoms with Crippen LogP contribution in [0.15, 0.2) is 0 Å². The van der Waals surface area contributed by atoms with Crippen LogP contribution in [0.25, 0.3) is 0 Å². The third-order valence-corrected chi connectivity index (χ3v) is 1.10. The van der Waals surface area contributed by atoms with Gasteiger partial charge in [0, 0.05) is 0 Å². The molecular weight excluding hydrogens is 240 g/mol. The van der Waals surface area contributed by atoms with E-state index in [0.717, 1.165) is 0 Å². The first-order chi connectivity index (χ1) is 5.85. The van der Waals surface area contributed by atoms with Crippen LogP contribution in [-0.4, -0.2) is 55.0 Å². The molecule has 0 fully saturated rings. The minimum Gasteiger partial charge on any atom is -0.371 e. The Morgan fingerprint density at radius 2 is 0.944 bits per heavy atom. The number of hydrogen-bond donors (Lipinski definition) is 3. The summed E-state index contributed by atoms with van der Waals surface area (Å²) in [5.74, 6) is 0. The third kappa shape index (κ3) is 29.7. The number of aliphatic hydroxyl groups is 3. The Bertz CT molecular complexity index is 84.6. The molecule has 0 aromatic heterocycles. The van der Waals surface area contributed by atoms with Gasteiger partial charge >= 0.3 is 0 Å². The summed E-state index contributed by atoms with van der Waals surface area (Å²) in [5.41, 5.74) is 0. The molecule has 0 atom stereocenters. The van der Waals surface area contributed by atoms with E-state index in [2.05, 4.69) is 9.47 Å². The van der Waals surface area contributed by atoms with Crippen molar-refractivity contribution in [1.82, 2.24) is 0 Å². The summed E-state index contributed by atoms with van der Waals surface area (Å²) in [4.78, 5) is 0. The average Bonchev–Trinajstić information content (AvgIpc) is 2.10. The van der Waals surface area contributed by atoms with E-state index in [1.165, 1.54) is 0 Å².